The van der Waals surface area contributed by atoms with Gasteiger partial charge in [0, 0.05) is 16.5 Å². The van der Waals surface area contributed by atoms with E-state index in [1.54, 1.807) is 0 Å². The lowest BCUT2D eigenvalue weighted by atomic mass is 10.1. The van der Waals surface area contributed by atoms with E-state index in [2.05, 4.69) is 25.9 Å². The molecule has 1 aliphatic carbocycles. The molecule has 0 spiro atoms. The third-order valence-electron chi connectivity index (χ3n) is 3.23. The Labute approximate surface area is 130 Å². The SMILES string of the molecule is Cc1ccc(-c2nc(Cl)c(Br)c(C3CC3)n2)cc1Cl. The van der Waals surface area contributed by atoms with Crippen LogP contribution in [0, 0.1) is 6.92 Å². The van der Waals surface area contributed by atoms with Gasteiger partial charge in [0.2, 0.25) is 0 Å². The lowest BCUT2D eigenvalue weighted by molar-refractivity contribution is 0.979. The van der Waals surface area contributed by atoms with Crippen LogP contribution in [0.2, 0.25) is 10.2 Å². The molecule has 2 nitrogen and oxygen atoms in total. The van der Waals surface area contributed by atoms with Gasteiger partial charge in [0.15, 0.2) is 5.82 Å². The summed E-state index contributed by atoms with van der Waals surface area (Å²) in [6.07, 6.45) is 2.33. The molecule has 0 radical (unpaired) electrons. The van der Waals surface area contributed by atoms with E-state index >= 15 is 0 Å². The van der Waals surface area contributed by atoms with Crippen LogP contribution in [0.25, 0.3) is 11.4 Å². The normalized spacial score (nSPS) is 14.7. The predicted octanol–water partition coefficient (Wildman–Crippen LogP) is 5.40. The minimum atomic E-state index is 0.462. The maximum Gasteiger partial charge on any atom is 0.161 e. The van der Waals surface area contributed by atoms with Gasteiger partial charge in [-0.05, 0) is 47.3 Å². The highest BCUT2D eigenvalue weighted by Gasteiger charge is 2.29. The number of aromatic nitrogens is 2. The molecule has 1 aliphatic rings. The molecule has 1 saturated carbocycles. The van der Waals surface area contributed by atoms with Crippen molar-refractivity contribution in [3.63, 3.8) is 0 Å². The van der Waals surface area contributed by atoms with E-state index in [4.69, 9.17) is 23.2 Å². The molecule has 1 heterocycles. The molecule has 19 heavy (non-hydrogen) atoms. The third kappa shape index (κ3) is 2.64. The Balaban J connectivity index is 2.11. The van der Waals surface area contributed by atoms with Crippen molar-refractivity contribution in [3.05, 3.63) is 44.1 Å². The van der Waals surface area contributed by atoms with Crippen molar-refractivity contribution in [1.29, 1.82) is 0 Å². The first kappa shape index (κ1) is 13.3. The molecule has 1 aromatic carbocycles. The van der Waals surface area contributed by atoms with Crippen molar-refractivity contribution in [2.75, 3.05) is 0 Å². The summed E-state index contributed by atoms with van der Waals surface area (Å²) in [6, 6.07) is 5.82. The second-order valence-electron chi connectivity index (χ2n) is 4.78. The summed E-state index contributed by atoms with van der Waals surface area (Å²) in [5, 5.41) is 1.18. The number of benzene rings is 1. The molecule has 3 rings (SSSR count). The molecule has 0 saturated heterocycles. The Hall–Kier alpha value is -0.640. The van der Waals surface area contributed by atoms with Gasteiger partial charge >= 0.3 is 0 Å². The predicted molar refractivity (Wildman–Crippen MR) is 81.9 cm³/mol. The van der Waals surface area contributed by atoms with Gasteiger partial charge in [-0.1, -0.05) is 35.3 Å². The molecule has 98 valence electrons. The Kier molecular flexibility index (Phi) is 3.54. The summed E-state index contributed by atoms with van der Waals surface area (Å²) in [6.45, 7) is 1.97. The third-order valence-corrected chi connectivity index (χ3v) is 4.92. The first-order valence-electron chi connectivity index (χ1n) is 6.05. The van der Waals surface area contributed by atoms with Crippen molar-refractivity contribution in [1.82, 2.24) is 9.97 Å². The maximum absolute atomic E-state index is 6.18. The molecular weight excluding hydrogens is 347 g/mol. The van der Waals surface area contributed by atoms with Crippen LogP contribution in [-0.2, 0) is 0 Å². The van der Waals surface area contributed by atoms with Crippen LogP contribution < -0.4 is 0 Å². The largest absolute Gasteiger partial charge is 0.231 e. The van der Waals surface area contributed by atoms with Crippen LogP contribution in [0.15, 0.2) is 22.7 Å². The van der Waals surface area contributed by atoms with Gasteiger partial charge in [-0.15, -0.1) is 0 Å². The Morgan fingerprint density at radius 1 is 1.21 bits per heavy atom. The van der Waals surface area contributed by atoms with Crippen molar-refractivity contribution >= 4 is 39.1 Å². The van der Waals surface area contributed by atoms with E-state index in [0.717, 1.165) is 21.3 Å². The topological polar surface area (TPSA) is 25.8 Å². The first-order chi connectivity index (χ1) is 9.06. The number of aryl methyl sites for hydroxylation is 1. The van der Waals surface area contributed by atoms with E-state index in [-0.39, 0.29) is 0 Å². The Bertz CT molecular complexity index is 654. The molecule has 2 aromatic rings. The molecule has 0 atom stereocenters. The lowest BCUT2D eigenvalue weighted by Gasteiger charge is -2.08. The number of hydrogen-bond donors (Lipinski definition) is 0. The van der Waals surface area contributed by atoms with E-state index in [9.17, 15) is 0 Å². The van der Waals surface area contributed by atoms with Crippen molar-refractivity contribution in [2.45, 2.75) is 25.7 Å². The molecule has 0 aliphatic heterocycles. The highest BCUT2D eigenvalue weighted by atomic mass is 79.9. The van der Waals surface area contributed by atoms with Gasteiger partial charge in [0.1, 0.15) is 5.15 Å². The highest BCUT2D eigenvalue weighted by Crippen LogP contribution is 2.44. The van der Waals surface area contributed by atoms with Crippen molar-refractivity contribution < 1.29 is 0 Å². The Morgan fingerprint density at radius 2 is 1.95 bits per heavy atom. The smallest absolute Gasteiger partial charge is 0.161 e. The molecule has 5 heteroatoms. The minimum Gasteiger partial charge on any atom is -0.231 e. The molecule has 0 unspecified atom stereocenters. The van der Waals surface area contributed by atoms with Crippen LogP contribution in [0.3, 0.4) is 0 Å². The van der Waals surface area contributed by atoms with Gasteiger partial charge < -0.3 is 0 Å². The second-order valence-corrected chi connectivity index (χ2v) is 6.33. The summed E-state index contributed by atoms with van der Waals surface area (Å²) in [5.74, 6) is 1.14. The average molecular weight is 358 g/mol. The van der Waals surface area contributed by atoms with E-state index in [1.807, 2.05) is 25.1 Å². The molecule has 1 aromatic heterocycles. The van der Waals surface area contributed by atoms with Crippen LogP contribution in [0.5, 0.6) is 0 Å². The van der Waals surface area contributed by atoms with Crippen LogP contribution >= 0.6 is 39.1 Å². The summed E-state index contributed by atoms with van der Waals surface area (Å²) in [4.78, 5) is 8.97. The van der Waals surface area contributed by atoms with E-state index < -0.39 is 0 Å². The van der Waals surface area contributed by atoms with Crippen molar-refractivity contribution in [2.24, 2.45) is 0 Å². The van der Waals surface area contributed by atoms with Gasteiger partial charge in [0.25, 0.3) is 0 Å². The number of rotatable bonds is 2. The second kappa shape index (κ2) is 5.04. The quantitative estimate of drug-likeness (QED) is 0.672. The summed E-state index contributed by atoms with van der Waals surface area (Å²) in [5.41, 5.74) is 2.94. The number of hydrogen-bond acceptors (Lipinski definition) is 2. The average Bonchev–Trinajstić information content (AvgIpc) is 3.20. The first-order valence-corrected chi connectivity index (χ1v) is 7.60. The fraction of sp³-hybridized carbons (Fsp3) is 0.286. The van der Waals surface area contributed by atoms with E-state index in [0.29, 0.717) is 21.9 Å². The number of nitrogens with zero attached hydrogens (tertiary/aromatic N) is 2. The van der Waals surface area contributed by atoms with Gasteiger partial charge in [-0.2, -0.15) is 0 Å². The zero-order valence-electron chi connectivity index (χ0n) is 10.3. The summed E-state index contributed by atoms with van der Waals surface area (Å²) in [7, 11) is 0. The monoisotopic (exact) mass is 356 g/mol. The molecule has 0 amide bonds. The zero-order valence-corrected chi connectivity index (χ0v) is 13.3. The molecule has 0 N–H and O–H groups in total. The van der Waals surface area contributed by atoms with Crippen LogP contribution in [0.4, 0.5) is 0 Å². The van der Waals surface area contributed by atoms with Gasteiger partial charge in [0.05, 0.1) is 10.2 Å². The fourth-order valence-electron chi connectivity index (χ4n) is 1.92. The van der Waals surface area contributed by atoms with Crippen LogP contribution in [-0.4, -0.2) is 9.97 Å². The molecule has 0 bridgehead atoms. The highest BCUT2D eigenvalue weighted by molar-refractivity contribution is 9.10. The van der Waals surface area contributed by atoms with Crippen molar-refractivity contribution in [3.8, 4) is 11.4 Å². The summed E-state index contributed by atoms with van der Waals surface area (Å²) < 4.78 is 0.818. The Morgan fingerprint density at radius 3 is 2.58 bits per heavy atom. The van der Waals surface area contributed by atoms with Gasteiger partial charge in [-0.3, -0.25) is 0 Å². The number of halogens is 3. The minimum absolute atomic E-state index is 0.462. The van der Waals surface area contributed by atoms with E-state index in [1.165, 1.54) is 12.8 Å². The molecular formula is C14H11BrCl2N2. The fourth-order valence-corrected chi connectivity index (χ4v) is 2.78. The molecule has 1 fully saturated rings. The van der Waals surface area contributed by atoms with Gasteiger partial charge in [-0.25, -0.2) is 9.97 Å². The maximum atomic E-state index is 6.18. The lowest BCUT2D eigenvalue weighted by Crippen LogP contribution is -1.97. The zero-order chi connectivity index (χ0) is 13.6. The van der Waals surface area contributed by atoms with Crippen LogP contribution in [0.1, 0.15) is 30.0 Å². The standard InChI is InChI=1S/C14H11BrCl2N2/c1-7-2-3-9(6-10(7)16)14-18-12(8-4-5-8)11(15)13(17)19-14/h2-3,6,8H,4-5H2,1H3. The summed E-state index contributed by atoms with van der Waals surface area (Å²) >= 11 is 15.8.